The summed E-state index contributed by atoms with van der Waals surface area (Å²) in [6, 6.07) is 7.73. The van der Waals surface area contributed by atoms with Gasteiger partial charge in [0.1, 0.15) is 16.8 Å². The van der Waals surface area contributed by atoms with Crippen LogP contribution >= 0.6 is 11.3 Å². The van der Waals surface area contributed by atoms with Gasteiger partial charge < -0.3 is 20.1 Å². The van der Waals surface area contributed by atoms with E-state index in [4.69, 9.17) is 14.8 Å². The topological polar surface area (TPSA) is 116 Å². The number of rotatable bonds is 7. The molecule has 3 aliphatic rings. The highest BCUT2D eigenvalue weighted by atomic mass is 32.1. The lowest BCUT2D eigenvalue weighted by atomic mass is 9.94. The van der Waals surface area contributed by atoms with E-state index in [1.807, 2.05) is 43.1 Å². The molecule has 2 aliphatic carbocycles. The summed E-state index contributed by atoms with van der Waals surface area (Å²) in [6.07, 6.45) is 12.5. The van der Waals surface area contributed by atoms with Gasteiger partial charge in [-0.25, -0.2) is 9.78 Å². The number of carbonyl (C=O) groups is 2. The lowest BCUT2D eigenvalue weighted by Crippen LogP contribution is -2.47. The van der Waals surface area contributed by atoms with Crippen molar-refractivity contribution in [2.24, 2.45) is 5.92 Å². The number of nitrogens with one attached hydrogen (secondary N) is 1. The molecule has 2 N–H and O–H groups in total. The summed E-state index contributed by atoms with van der Waals surface area (Å²) in [5.41, 5.74) is 4.93. The van der Waals surface area contributed by atoms with E-state index in [0.717, 1.165) is 53.1 Å². The molecule has 5 rings (SSSR count). The Labute approximate surface area is 238 Å². The number of amides is 2. The number of carbonyl (C=O) groups excluding carboxylic acids is 1. The van der Waals surface area contributed by atoms with Crippen LogP contribution in [0.5, 0.6) is 5.75 Å². The number of nitriles is 1. The molecule has 0 spiro atoms. The Kier molecular flexibility index (Phi) is 8.36. The van der Waals surface area contributed by atoms with Crippen LogP contribution in [0.2, 0.25) is 0 Å². The van der Waals surface area contributed by atoms with E-state index >= 15 is 0 Å². The van der Waals surface area contributed by atoms with Crippen LogP contribution < -0.4 is 10.1 Å². The highest BCUT2D eigenvalue weighted by Gasteiger charge is 2.32. The Morgan fingerprint density at radius 2 is 2.08 bits per heavy atom. The molecule has 0 radical (unpaired) electrons. The van der Waals surface area contributed by atoms with Crippen LogP contribution in [0, 0.1) is 17.2 Å². The maximum atomic E-state index is 13.1. The number of nitrogens with zero attached hydrogens (tertiary/aromatic N) is 3. The van der Waals surface area contributed by atoms with Crippen LogP contribution in [0.25, 0.3) is 16.1 Å². The number of carboxylic acid groups (broad SMARTS) is 1. The summed E-state index contributed by atoms with van der Waals surface area (Å²) >= 11 is 1.60. The first-order chi connectivity index (χ1) is 19.3. The summed E-state index contributed by atoms with van der Waals surface area (Å²) in [7, 11) is 0. The van der Waals surface area contributed by atoms with Crippen LogP contribution in [0.15, 0.2) is 53.8 Å². The normalized spacial score (nSPS) is 19.2. The van der Waals surface area contributed by atoms with Gasteiger partial charge in [-0.15, -0.1) is 11.3 Å². The second-order valence-electron chi connectivity index (χ2n) is 10.8. The first-order valence-corrected chi connectivity index (χ1v) is 14.7. The molecular formula is C31H34N4O4S. The number of allylic oxidation sites excluding steroid dienone is 4. The molecule has 2 amide bonds. The van der Waals surface area contributed by atoms with E-state index in [9.17, 15) is 14.9 Å². The maximum Gasteiger partial charge on any atom is 0.317 e. The van der Waals surface area contributed by atoms with Gasteiger partial charge in [0.25, 0.3) is 0 Å². The van der Waals surface area contributed by atoms with Crippen molar-refractivity contribution in [2.75, 3.05) is 13.1 Å². The second kappa shape index (κ2) is 12.1. The molecule has 0 bridgehead atoms. The first-order valence-electron chi connectivity index (χ1n) is 13.9. The minimum Gasteiger partial charge on any atom is -0.490 e. The zero-order valence-electron chi connectivity index (χ0n) is 22.9. The number of aromatic nitrogens is 1. The number of ether oxygens (including phenoxy) is 1. The number of likely N-dealkylation sites (tertiary alicyclic amines) is 1. The highest BCUT2D eigenvalue weighted by molar-refractivity contribution is 7.16. The molecule has 1 saturated heterocycles. The fraction of sp³-hybridized carbons (Fsp3) is 0.419. The Bertz CT molecular complexity index is 1420. The quantitative estimate of drug-likeness (QED) is 0.420. The van der Waals surface area contributed by atoms with Crippen LogP contribution in [0.1, 0.15) is 62.8 Å². The Morgan fingerprint density at radius 1 is 1.27 bits per heavy atom. The van der Waals surface area contributed by atoms with Crippen LogP contribution in [-0.2, 0) is 4.79 Å². The summed E-state index contributed by atoms with van der Waals surface area (Å²) < 4.78 is 5.77. The molecule has 2 fully saturated rings. The largest absolute Gasteiger partial charge is 0.490 e. The van der Waals surface area contributed by atoms with Crippen molar-refractivity contribution in [3.05, 3.63) is 64.2 Å². The smallest absolute Gasteiger partial charge is 0.317 e. The van der Waals surface area contributed by atoms with Crippen molar-refractivity contribution < 1.29 is 19.4 Å². The number of aliphatic carboxylic acids is 1. The summed E-state index contributed by atoms with van der Waals surface area (Å²) in [4.78, 5) is 31.7. The lowest BCUT2D eigenvalue weighted by Gasteiger charge is -2.32. The molecule has 1 aromatic carbocycles. The average molecular weight is 559 g/mol. The molecular weight excluding hydrogens is 524 g/mol. The van der Waals surface area contributed by atoms with E-state index < -0.39 is 5.97 Å². The average Bonchev–Trinajstić information content (AvgIpc) is 3.51. The molecule has 2 heterocycles. The monoisotopic (exact) mass is 558 g/mol. The second-order valence-corrected chi connectivity index (χ2v) is 11.8. The lowest BCUT2D eigenvalue weighted by molar-refractivity contribution is -0.138. The fourth-order valence-electron chi connectivity index (χ4n) is 5.68. The number of carboxylic acids is 1. The number of thiazole rings is 1. The third kappa shape index (κ3) is 6.13. The number of fused-ring (bicyclic) bond motifs is 1. The van der Waals surface area contributed by atoms with Crippen molar-refractivity contribution in [2.45, 2.75) is 64.5 Å². The third-order valence-electron chi connectivity index (χ3n) is 7.63. The van der Waals surface area contributed by atoms with Gasteiger partial charge in [-0.1, -0.05) is 18.2 Å². The van der Waals surface area contributed by atoms with Crippen molar-refractivity contribution in [3.63, 3.8) is 0 Å². The van der Waals surface area contributed by atoms with Gasteiger partial charge in [-0.2, -0.15) is 5.26 Å². The Balaban J connectivity index is 1.31. The van der Waals surface area contributed by atoms with Gasteiger partial charge in [0.2, 0.25) is 0 Å². The molecule has 2 aromatic rings. The summed E-state index contributed by atoms with van der Waals surface area (Å²) in [6.45, 7) is 5.05. The molecule has 40 heavy (non-hydrogen) atoms. The third-order valence-corrected chi connectivity index (χ3v) is 8.71. The van der Waals surface area contributed by atoms with Crippen LogP contribution in [-0.4, -0.2) is 52.2 Å². The molecule has 208 valence electrons. The molecule has 1 atom stereocenters. The van der Waals surface area contributed by atoms with E-state index in [-0.39, 0.29) is 30.5 Å². The van der Waals surface area contributed by atoms with E-state index in [2.05, 4.69) is 29.6 Å². The van der Waals surface area contributed by atoms with Gasteiger partial charge in [-0.05, 0) is 86.8 Å². The van der Waals surface area contributed by atoms with Gasteiger partial charge >= 0.3 is 12.0 Å². The number of benzene rings is 1. The van der Waals surface area contributed by atoms with E-state index in [0.29, 0.717) is 24.4 Å². The van der Waals surface area contributed by atoms with Crippen LogP contribution in [0.3, 0.4) is 0 Å². The summed E-state index contributed by atoms with van der Waals surface area (Å²) in [5, 5.41) is 22.8. The van der Waals surface area contributed by atoms with Crippen LogP contribution in [0.4, 0.5) is 4.79 Å². The highest BCUT2D eigenvalue weighted by Crippen LogP contribution is 2.42. The van der Waals surface area contributed by atoms with Crippen molar-refractivity contribution >= 4 is 28.9 Å². The number of hydrogen-bond acceptors (Lipinski definition) is 6. The standard InChI is InChI=1S/C31H34N4O4S/c1-19(2)39-27-10-7-21(16-22(27)17-32)30-33-18-28(40-30)25-6-4-3-5-24-23(25)8-9-26(24)34-31(38)35-13-11-20(12-14-35)15-29(36)37/h4-7,10,16,18-20,26H,3,8-9,11-15H2,1-2H3,(H,34,38)(H,36,37). The zero-order chi connectivity index (χ0) is 28.2. The van der Waals surface area contributed by atoms with Gasteiger partial charge in [-0.3, -0.25) is 4.79 Å². The molecule has 1 saturated carbocycles. The van der Waals surface area contributed by atoms with Crippen molar-refractivity contribution in [3.8, 4) is 22.4 Å². The molecule has 8 nitrogen and oxygen atoms in total. The molecule has 1 unspecified atom stereocenters. The minimum atomic E-state index is -0.771. The van der Waals surface area contributed by atoms with Gasteiger partial charge in [0.15, 0.2) is 0 Å². The predicted molar refractivity (Wildman–Crippen MR) is 155 cm³/mol. The fourth-order valence-corrected chi connectivity index (χ4v) is 6.65. The first kappa shape index (κ1) is 27.7. The Morgan fingerprint density at radius 3 is 2.80 bits per heavy atom. The number of hydrogen-bond donors (Lipinski definition) is 2. The zero-order valence-corrected chi connectivity index (χ0v) is 23.7. The van der Waals surface area contributed by atoms with E-state index in [1.165, 1.54) is 11.1 Å². The minimum absolute atomic E-state index is 0.0156. The van der Waals surface area contributed by atoms with Crippen molar-refractivity contribution in [1.29, 1.82) is 5.26 Å². The molecule has 1 aromatic heterocycles. The van der Waals surface area contributed by atoms with Crippen molar-refractivity contribution in [1.82, 2.24) is 15.2 Å². The Hall–Kier alpha value is -3.90. The number of piperidine rings is 1. The molecule has 1 aliphatic heterocycles. The summed E-state index contributed by atoms with van der Waals surface area (Å²) in [5.74, 6) is -0.0528. The van der Waals surface area contributed by atoms with Gasteiger partial charge in [0.05, 0.1) is 22.6 Å². The number of urea groups is 1. The molecule has 9 heteroatoms. The van der Waals surface area contributed by atoms with Gasteiger partial charge in [0, 0.05) is 31.3 Å². The maximum absolute atomic E-state index is 13.1. The van der Waals surface area contributed by atoms with E-state index in [1.54, 1.807) is 11.3 Å². The SMILES string of the molecule is CC(C)Oc1ccc(-c2ncc(C3=C4CCC(NC(=O)N5CCC(CC(=O)O)CC5)C4=CCC=C3)s2)cc1C#N. The predicted octanol–water partition coefficient (Wildman–Crippen LogP) is 6.17.